The van der Waals surface area contributed by atoms with Gasteiger partial charge < -0.3 is 16.2 Å². The van der Waals surface area contributed by atoms with E-state index in [9.17, 15) is 10.4 Å². The lowest BCUT2D eigenvalue weighted by molar-refractivity contribution is 0.0884. The molecule has 0 spiro atoms. The van der Waals surface area contributed by atoms with Gasteiger partial charge in [0, 0.05) is 11.8 Å². The zero-order chi connectivity index (χ0) is 20.6. The largest absolute Gasteiger partial charge is 0.382 e. The summed E-state index contributed by atoms with van der Waals surface area (Å²) >= 11 is 6.16. The zero-order valence-corrected chi connectivity index (χ0v) is 15.8. The number of nitrogens with one attached hydrogen (secondary N) is 1. The number of nitrogens with two attached hydrogens (primary N) is 1. The molecule has 1 atom stereocenters. The maximum atomic E-state index is 11.3. The van der Waals surface area contributed by atoms with Crippen molar-refractivity contribution >= 4 is 28.9 Å². The number of anilines is 2. The molecule has 0 aliphatic carbocycles. The van der Waals surface area contributed by atoms with E-state index in [1.165, 1.54) is 24.0 Å². The molecule has 4 rings (SSSR count). The van der Waals surface area contributed by atoms with E-state index in [2.05, 4.69) is 30.4 Å². The summed E-state index contributed by atoms with van der Waals surface area (Å²) in [5.41, 5.74) is 5.71. The van der Waals surface area contributed by atoms with Crippen LogP contribution in [-0.4, -0.2) is 34.7 Å². The maximum absolute atomic E-state index is 11.3. The Morgan fingerprint density at radius 1 is 1.28 bits per heavy atom. The summed E-state index contributed by atoms with van der Waals surface area (Å²) in [7, 11) is 0. The van der Waals surface area contributed by atoms with E-state index in [0.29, 0.717) is 27.8 Å². The number of halogens is 1. The first-order valence-corrected chi connectivity index (χ1v) is 8.76. The van der Waals surface area contributed by atoms with Crippen molar-refractivity contribution in [3.05, 3.63) is 59.3 Å². The van der Waals surface area contributed by atoms with E-state index in [4.69, 9.17) is 17.3 Å². The molecule has 0 saturated carbocycles. The molecule has 4 aromatic rings. The Bertz CT molecular complexity index is 1250. The van der Waals surface area contributed by atoms with Gasteiger partial charge in [0.15, 0.2) is 22.3 Å². The second-order valence-corrected chi connectivity index (χ2v) is 6.65. The van der Waals surface area contributed by atoms with E-state index in [1.54, 1.807) is 30.5 Å². The molecular weight excluding hydrogens is 394 g/mol. The molecule has 0 aromatic carbocycles. The second kappa shape index (κ2) is 6.97. The first-order valence-electron chi connectivity index (χ1n) is 8.38. The van der Waals surface area contributed by atoms with Gasteiger partial charge in [-0.25, -0.2) is 19.5 Å². The summed E-state index contributed by atoms with van der Waals surface area (Å²) in [6.07, 6.45) is 4.27. The normalized spacial score (nSPS) is 13.0. The number of fused-ring (bicyclic) bond motifs is 1. The van der Waals surface area contributed by atoms with E-state index >= 15 is 0 Å². The number of nitrogen functional groups attached to an aromatic ring is 1. The van der Waals surface area contributed by atoms with E-state index in [-0.39, 0.29) is 17.2 Å². The summed E-state index contributed by atoms with van der Waals surface area (Å²) < 4.78 is 1.44. The van der Waals surface area contributed by atoms with Crippen molar-refractivity contribution < 1.29 is 5.11 Å². The third-order valence-corrected chi connectivity index (χ3v) is 4.49. The van der Waals surface area contributed by atoms with Crippen molar-refractivity contribution in [3.8, 4) is 17.5 Å². The Hall–Kier alpha value is -3.81. The second-order valence-electron chi connectivity index (χ2n) is 6.26. The van der Waals surface area contributed by atoms with Crippen molar-refractivity contribution in [1.82, 2.24) is 29.5 Å². The summed E-state index contributed by atoms with van der Waals surface area (Å²) in [6, 6.07) is 8.88. The number of aromatic nitrogens is 6. The molecule has 4 aromatic heterocycles. The Morgan fingerprint density at radius 3 is 2.83 bits per heavy atom. The molecule has 11 heteroatoms. The Morgan fingerprint density at radius 2 is 2.10 bits per heavy atom. The van der Waals surface area contributed by atoms with E-state index < -0.39 is 5.72 Å². The molecule has 10 nitrogen and oxygen atoms in total. The molecule has 4 N–H and O–H groups in total. The van der Waals surface area contributed by atoms with Crippen LogP contribution in [0, 0.1) is 11.3 Å². The van der Waals surface area contributed by atoms with E-state index in [0.717, 1.165) is 0 Å². The lowest BCUT2D eigenvalue weighted by Crippen LogP contribution is -2.33. The van der Waals surface area contributed by atoms with Crippen LogP contribution < -0.4 is 11.1 Å². The fourth-order valence-electron chi connectivity index (χ4n) is 2.85. The lowest BCUT2D eigenvalue weighted by atomic mass is 10.0. The van der Waals surface area contributed by atoms with Gasteiger partial charge >= 0.3 is 0 Å². The zero-order valence-electron chi connectivity index (χ0n) is 15.1. The van der Waals surface area contributed by atoms with Crippen molar-refractivity contribution in [3.63, 3.8) is 0 Å². The molecule has 4 heterocycles. The van der Waals surface area contributed by atoms with Gasteiger partial charge in [-0.05, 0) is 25.1 Å². The van der Waals surface area contributed by atoms with Gasteiger partial charge in [-0.15, -0.1) is 0 Å². The molecule has 0 amide bonds. The third kappa shape index (κ3) is 3.29. The highest BCUT2D eigenvalue weighted by Gasteiger charge is 2.31. The Balaban J connectivity index is 1.90. The highest BCUT2D eigenvalue weighted by Crippen LogP contribution is 2.32. The lowest BCUT2D eigenvalue weighted by Gasteiger charge is -2.28. The molecule has 0 radical (unpaired) electrons. The molecule has 0 aliphatic heterocycles. The van der Waals surface area contributed by atoms with Gasteiger partial charge in [0.2, 0.25) is 0 Å². The standard InChI is InChI=1S/C18H14ClN9O/c1-18(29,26-17-10(7-20)16(21)24-9-25-17)11-6-14-23-8-13(19)28(14)27-15(11)12-4-2-3-5-22-12/h2-6,8-9,29H,1H3,(H3,21,24,25,26)/t18-/m0/s1. The third-order valence-electron chi connectivity index (χ3n) is 4.23. The Labute approximate surface area is 169 Å². The first-order chi connectivity index (χ1) is 13.9. The number of hydrogen-bond donors (Lipinski definition) is 3. The van der Waals surface area contributed by atoms with Gasteiger partial charge in [-0.1, -0.05) is 17.7 Å². The number of aliphatic hydroxyl groups is 1. The average molecular weight is 408 g/mol. The van der Waals surface area contributed by atoms with Crippen LogP contribution in [0.1, 0.15) is 18.1 Å². The van der Waals surface area contributed by atoms with Crippen molar-refractivity contribution in [2.75, 3.05) is 11.1 Å². The predicted molar refractivity (Wildman–Crippen MR) is 106 cm³/mol. The smallest absolute Gasteiger partial charge is 0.162 e. The van der Waals surface area contributed by atoms with Crippen molar-refractivity contribution in [2.24, 2.45) is 0 Å². The first kappa shape index (κ1) is 18.5. The van der Waals surface area contributed by atoms with Gasteiger partial charge in [-0.3, -0.25) is 4.98 Å². The van der Waals surface area contributed by atoms with Crippen molar-refractivity contribution in [2.45, 2.75) is 12.6 Å². The molecule has 29 heavy (non-hydrogen) atoms. The van der Waals surface area contributed by atoms with Crippen LogP contribution in [0.4, 0.5) is 11.6 Å². The molecule has 0 aliphatic rings. The number of hydrogen-bond acceptors (Lipinski definition) is 9. The fourth-order valence-corrected chi connectivity index (χ4v) is 3.03. The van der Waals surface area contributed by atoms with Crippen molar-refractivity contribution in [1.29, 1.82) is 5.26 Å². The van der Waals surface area contributed by atoms with Crippen LogP contribution in [0.15, 0.2) is 43.0 Å². The highest BCUT2D eigenvalue weighted by molar-refractivity contribution is 6.29. The van der Waals surface area contributed by atoms with Crippen LogP contribution in [0.5, 0.6) is 0 Å². The van der Waals surface area contributed by atoms with Gasteiger partial charge in [0.1, 0.15) is 29.5 Å². The van der Waals surface area contributed by atoms with Crippen LogP contribution in [0.25, 0.3) is 17.0 Å². The minimum absolute atomic E-state index is 0.000588. The van der Waals surface area contributed by atoms with Gasteiger partial charge in [0.25, 0.3) is 0 Å². The van der Waals surface area contributed by atoms with Gasteiger partial charge in [-0.2, -0.15) is 10.4 Å². The quantitative estimate of drug-likeness (QED) is 0.431. The predicted octanol–water partition coefficient (Wildman–Crippen LogP) is 1.97. The summed E-state index contributed by atoms with van der Waals surface area (Å²) in [5.74, 6) is 0.0811. The number of rotatable bonds is 4. The molecule has 0 fully saturated rings. The number of nitriles is 1. The molecular formula is C18H14ClN9O. The maximum Gasteiger partial charge on any atom is 0.162 e. The fraction of sp³-hybridized carbons (Fsp3) is 0.111. The SMILES string of the molecule is C[C@@](O)(Nc1ncnc(N)c1C#N)c1cc2ncc(Cl)n2nc1-c1ccccn1. The molecule has 0 saturated heterocycles. The Kier molecular flexibility index (Phi) is 4.46. The monoisotopic (exact) mass is 407 g/mol. The molecule has 0 bridgehead atoms. The van der Waals surface area contributed by atoms with Crippen LogP contribution >= 0.6 is 11.6 Å². The molecule has 0 unspecified atom stereocenters. The number of imidazole rings is 1. The molecule has 144 valence electrons. The van der Waals surface area contributed by atoms with E-state index in [1.807, 2.05) is 6.07 Å². The van der Waals surface area contributed by atoms with Crippen LogP contribution in [0.2, 0.25) is 5.15 Å². The average Bonchev–Trinajstić information content (AvgIpc) is 3.08. The summed E-state index contributed by atoms with van der Waals surface area (Å²) in [5, 5.41) is 28.3. The van der Waals surface area contributed by atoms with Gasteiger partial charge in [0.05, 0.1) is 11.9 Å². The minimum Gasteiger partial charge on any atom is -0.382 e. The number of nitrogens with zero attached hydrogens (tertiary/aromatic N) is 7. The topological polar surface area (TPSA) is 151 Å². The summed E-state index contributed by atoms with van der Waals surface area (Å²) in [4.78, 5) is 16.3. The van der Waals surface area contributed by atoms with Crippen LogP contribution in [-0.2, 0) is 5.72 Å². The minimum atomic E-state index is -1.72. The highest BCUT2D eigenvalue weighted by atomic mass is 35.5. The number of pyridine rings is 1. The van der Waals surface area contributed by atoms with Crippen LogP contribution in [0.3, 0.4) is 0 Å². The summed E-state index contributed by atoms with van der Waals surface area (Å²) in [6.45, 7) is 1.50.